The van der Waals surface area contributed by atoms with Crippen LogP contribution in [0.15, 0.2) is 40.1 Å². The molecule has 4 rings (SSSR count). The first-order valence-electron chi connectivity index (χ1n) is 10.2. The van der Waals surface area contributed by atoms with E-state index in [0.29, 0.717) is 0 Å². The van der Waals surface area contributed by atoms with Crippen LogP contribution in [0, 0.1) is 0 Å². The fourth-order valence-corrected chi connectivity index (χ4v) is 6.84. The third kappa shape index (κ3) is 4.89. The molecule has 0 bridgehead atoms. The molecular weight excluding hydrogens is 527 g/mol. The molecule has 18 heteroatoms. The van der Waals surface area contributed by atoms with Crippen LogP contribution in [0.1, 0.15) is 11.7 Å². The second kappa shape index (κ2) is 9.23. The molecule has 0 saturated carbocycles. The zero-order valence-electron chi connectivity index (χ0n) is 18.3. The van der Waals surface area contributed by atoms with Crippen LogP contribution in [0.2, 0.25) is 0 Å². The summed E-state index contributed by atoms with van der Waals surface area (Å²) in [4.78, 5) is 2.81. The first kappa shape index (κ1) is 26.2. The number of hydrazine groups is 3. The maximum Gasteiger partial charge on any atom is 0.406 e. The number of anilines is 1. The number of alkyl halides is 3. The van der Waals surface area contributed by atoms with E-state index in [1.165, 1.54) is 24.3 Å². The fraction of sp³-hybridized carbons (Fsp3) is 0.278. The van der Waals surface area contributed by atoms with Crippen LogP contribution in [0.5, 0.6) is 0 Å². The van der Waals surface area contributed by atoms with Crippen molar-refractivity contribution in [1.82, 2.24) is 31.5 Å². The van der Waals surface area contributed by atoms with Gasteiger partial charge in [-0.25, -0.2) is 37.8 Å². The van der Waals surface area contributed by atoms with Gasteiger partial charge in [-0.15, -0.1) is 0 Å². The van der Waals surface area contributed by atoms with Gasteiger partial charge in [0.25, 0.3) is 0 Å². The lowest BCUT2D eigenvalue weighted by Crippen LogP contribution is -2.33. The minimum atomic E-state index is -4.67. The SMILES string of the molecule is NCCS(=O)(=O)c1ccc(-c2cccc3c2nc(N)n3CC(F)(F)F)c(C2NNNN2)c1S(N)(=O)=O. The zero-order chi connectivity index (χ0) is 26.5. The summed E-state index contributed by atoms with van der Waals surface area (Å²) in [5.74, 6) is -0.963. The molecule has 0 radical (unpaired) electrons. The summed E-state index contributed by atoms with van der Waals surface area (Å²) >= 11 is 0. The van der Waals surface area contributed by atoms with Gasteiger partial charge in [0.1, 0.15) is 17.6 Å². The number of sulfonamides is 1. The van der Waals surface area contributed by atoms with Crippen LogP contribution in [0.25, 0.3) is 22.2 Å². The van der Waals surface area contributed by atoms with Crippen molar-refractivity contribution in [2.24, 2.45) is 10.9 Å². The second-order valence-corrected chi connectivity index (χ2v) is 11.4. The van der Waals surface area contributed by atoms with Crippen LogP contribution >= 0.6 is 0 Å². The number of imidazole rings is 1. The monoisotopic (exact) mass is 549 g/mol. The third-order valence-corrected chi connectivity index (χ3v) is 8.31. The molecule has 0 unspecified atom stereocenters. The van der Waals surface area contributed by atoms with Crippen LogP contribution < -0.4 is 38.5 Å². The number of primary sulfonamides is 1. The molecule has 0 aliphatic carbocycles. The molecule has 10 N–H and O–H groups in total. The van der Waals surface area contributed by atoms with Crippen molar-refractivity contribution in [1.29, 1.82) is 0 Å². The van der Waals surface area contributed by atoms with Crippen LogP contribution in [-0.4, -0.2) is 44.9 Å². The first-order chi connectivity index (χ1) is 16.7. The number of benzene rings is 2. The molecule has 0 amide bonds. The van der Waals surface area contributed by atoms with Gasteiger partial charge in [0.2, 0.25) is 16.0 Å². The van der Waals surface area contributed by atoms with Crippen molar-refractivity contribution >= 4 is 36.8 Å². The number of hydrogen-bond acceptors (Lipinski definition) is 11. The molecule has 0 spiro atoms. The minimum Gasteiger partial charge on any atom is -0.369 e. The van der Waals surface area contributed by atoms with Crippen molar-refractivity contribution in [2.75, 3.05) is 18.0 Å². The van der Waals surface area contributed by atoms with Crippen LogP contribution in [-0.2, 0) is 26.4 Å². The van der Waals surface area contributed by atoms with E-state index >= 15 is 0 Å². The van der Waals surface area contributed by atoms with Crippen molar-refractivity contribution < 1.29 is 30.0 Å². The molecule has 2 heterocycles. The number of nitrogen functional groups attached to an aromatic ring is 1. The highest BCUT2D eigenvalue weighted by Gasteiger charge is 2.35. The summed E-state index contributed by atoms with van der Waals surface area (Å²) in [6.07, 6.45) is -5.64. The summed E-state index contributed by atoms with van der Waals surface area (Å²) in [6.45, 7) is -1.67. The second-order valence-electron chi connectivity index (χ2n) is 7.82. The molecule has 2 aromatic carbocycles. The molecular formula is C18H22F3N9O4S2. The third-order valence-electron chi connectivity index (χ3n) is 5.39. The molecule has 1 saturated heterocycles. The van der Waals surface area contributed by atoms with Gasteiger partial charge >= 0.3 is 6.18 Å². The Labute approximate surface area is 203 Å². The maximum atomic E-state index is 13.1. The Morgan fingerprint density at radius 3 is 2.28 bits per heavy atom. The Morgan fingerprint density at radius 2 is 1.69 bits per heavy atom. The van der Waals surface area contributed by atoms with Gasteiger partial charge in [0.15, 0.2) is 9.84 Å². The summed E-state index contributed by atoms with van der Waals surface area (Å²) in [5, 5.41) is 5.49. The van der Waals surface area contributed by atoms with E-state index in [9.17, 15) is 30.0 Å². The lowest BCUT2D eigenvalue weighted by Gasteiger charge is -2.21. The topological polar surface area (TPSA) is 212 Å². The number of hydrogen-bond donors (Lipinski definition) is 7. The smallest absolute Gasteiger partial charge is 0.369 e. The van der Waals surface area contributed by atoms with E-state index < -0.39 is 60.2 Å². The number of sulfone groups is 1. The highest BCUT2D eigenvalue weighted by molar-refractivity contribution is 7.93. The van der Waals surface area contributed by atoms with Crippen molar-refractivity contribution in [3.63, 3.8) is 0 Å². The highest BCUT2D eigenvalue weighted by Crippen LogP contribution is 2.40. The zero-order valence-corrected chi connectivity index (χ0v) is 19.9. The molecule has 36 heavy (non-hydrogen) atoms. The van der Waals surface area contributed by atoms with Crippen LogP contribution in [0.3, 0.4) is 0 Å². The standard InChI is InChI=1S/C18H22F3N9O4S2/c19-18(20,21)8-30-11-3-1-2-10(14(11)25-17(30)23)9-4-5-12(35(31,32)7-6-22)15(36(24,33)34)13(9)16-26-28-29-27-16/h1-5,16,26-29H,6-8,22H2,(H2,23,25)(H2,24,33,34). The number of nitrogens with one attached hydrogen (secondary N) is 4. The molecule has 0 atom stereocenters. The van der Waals surface area contributed by atoms with Gasteiger partial charge in [-0.2, -0.15) is 24.2 Å². The predicted octanol–water partition coefficient (Wildman–Crippen LogP) is -0.657. The summed E-state index contributed by atoms with van der Waals surface area (Å²) in [6, 6.07) is 6.69. The number of nitrogens with two attached hydrogens (primary N) is 3. The summed E-state index contributed by atoms with van der Waals surface area (Å²) < 4.78 is 91.5. The highest BCUT2D eigenvalue weighted by atomic mass is 32.2. The number of nitrogens with zero attached hydrogens (tertiary/aromatic N) is 2. The number of rotatable bonds is 7. The Kier molecular flexibility index (Phi) is 6.73. The normalized spacial score (nSPS) is 15.7. The van der Waals surface area contributed by atoms with Gasteiger partial charge in [-0.1, -0.05) is 18.2 Å². The van der Waals surface area contributed by atoms with E-state index in [1.807, 2.05) is 0 Å². The number of aromatic nitrogens is 2. The van der Waals surface area contributed by atoms with E-state index in [4.69, 9.17) is 16.6 Å². The Morgan fingerprint density at radius 1 is 1.03 bits per heavy atom. The molecule has 13 nitrogen and oxygen atoms in total. The number of fused-ring (bicyclic) bond motifs is 1. The fourth-order valence-electron chi connectivity index (χ4n) is 4.03. The molecule has 1 fully saturated rings. The summed E-state index contributed by atoms with van der Waals surface area (Å²) in [5.41, 5.74) is 21.9. The predicted molar refractivity (Wildman–Crippen MR) is 123 cm³/mol. The largest absolute Gasteiger partial charge is 0.406 e. The van der Waals surface area contributed by atoms with Gasteiger partial charge in [0, 0.05) is 17.7 Å². The van der Waals surface area contributed by atoms with Crippen molar-refractivity contribution in [3.05, 3.63) is 35.9 Å². The average Bonchev–Trinajstić information content (AvgIpc) is 3.40. The Hall–Kier alpha value is -2.84. The quantitative estimate of drug-likeness (QED) is 0.197. The van der Waals surface area contributed by atoms with E-state index in [-0.39, 0.29) is 34.3 Å². The molecule has 1 aromatic heterocycles. The Balaban J connectivity index is 2.08. The molecule has 196 valence electrons. The first-order valence-corrected chi connectivity index (χ1v) is 13.4. The lowest BCUT2D eigenvalue weighted by molar-refractivity contribution is -0.139. The summed E-state index contributed by atoms with van der Waals surface area (Å²) in [7, 11) is -8.85. The molecule has 1 aliphatic heterocycles. The Bertz CT molecular complexity index is 1530. The van der Waals surface area contributed by atoms with Gasteiger partial charge in [-0.05, 0) is 17.7 Å². The average molecular weight is 550 g/mol. The van der Waals surface area contributed by atoms with E-state index in [0.717, 1.165) is 10.6 Å². The van der Waals surface area contributed by atoms with Gasteiger partial charge < -0.3 is 16.0 Å². The van der Waals surface area contributed by atoms with Gasteiger partial charge in [0.05, 0.1) is 21.7 Å². The molecule has 1 aliphatic rings. The number of para-hydroxylation sites is 1. The minimum absolute atomic E-state index is 0.0360. The van der Waals surface area contributed by atoms with Crippen molar-refractivity contribution in [3.8, 4) is 11.1 Å². The lowest BCUT2D eigenvalue weighted by atomic mass is 9.96. The van der Waals surface area contributed by atoms with Crippen LogP contribution in [0.4, 0.5) is 19.1 Å². The van der Waals surface area contributed by atoms with Gasteiger partial charge in [-0.3, -0.25) is 0 Å². The van der Waals surface area contributed by atoms with Crippen molar-refractivity contribution in [2.45, 2.75) is 28.7 Å². The van der Waals surface area contributed by atoms with E-state index in [1.54, 1.807) is 0 Å². The number of halogens is 3. The molecule has 3 aromatic rings. The maximum absolute atomic E-state index is 13.1. The van der Waals surface area contributed by atoms with E-state index in [2.05, 4.69) is 26.9 Å².